The van der Waals surface area contributed by atoms with E-state index in [1.54, 1.807) is 42.4 Å². The molecule has 14 heteroatoms. The van der Waals surface area contributed by atoms with Gasteiger partial charge in [-0.1, -0.05) is 13.5 Å². The zero-order chi connectivity index (χ0) is 29.6. The van der Waals surface area contributed by atoms with E-state index >= 15 is 0 Å². The van der Waals surface area contributed by atoms with Crippen LogP contribution in [0.5, 0.6) is 11.6 Å². The lowest BCUT2D eigenvalue weighted by atomic mass is 10.0. The van der Waals surface area contributed by atoms with E-state index in [0.29, 0.717) is 39.8 Å². The fourth-order valence-corrected chi connectivity index (χ4v) is 4.98. The van der Waals surface area contributed by atoms with Crippen LogP contribution in [0.4, 0.5) is 17.6 Å². The highest BCUT2D eigenvalue weighted by molar-refractivity contribution is 5.78. The van der Waals surface area contributed by atoms with Gasteiger partial charge >= 0.3 is 6.18 Å². The van der Waals surface area contributed by atoms with Crippen LogP contribution in [-0.2, 0) is 12.7 Å². The second kappa shape index (κ2) is 11.6. The molecule has 4 heterocycles. The Morgan fingerprint density at radius 3 is 2.51 bits per heavy atom. The standard InChI is InChI=1S/C28H26F4N8O2.CH4/c1-15(17-6-7-19(20(10-17)41-2)26-37-21(28(30,31)32)13-39(26)9-8-29)40-25-18(12-36-40)11-33-24(38-25)22-23(16-4-5-16)34-14-35-27(22)42-3;/h6-7,10-16H,4-5,8-9H2,1-3H3;1H4/t15-;/m0./s1. The van der Waals surface area contributed by atoms with Gasteiger partial charge in [-0.25, -0.2) is 34.0 Å². The molecule has 0 aliphatic heterocycles. The second-order valence-corrected chi connectivity index (χ2v) is 9.94. The quantitative estimate of drug-likeness (QED) is 0.183. The molecule has 6 rings (SSSR count). The van der Waals surface area contributed by atoms with E-state index in [4.69, 9.17) is 14.5 Å². The number of aromatic nitrogens is 8. The first-order chi connectivity index (χ1) is 20.2. The molecule has 0 saturated heterocycles. The number of aryl methyl sites for hydroxylation is 1. The third-order valence-corrected chi connectivity index (χ3v) is 7.27. The molecule has 1 saturated carbocycles. The maximum atomic E-state index is 13.4. The number of methoxy groups -OCH3 is 2. The van der Waals surface area contributed by atoms with Crippen LogP contribution in [0.25, 0.3) is 33.8 Å². The molecule has 1 fully saturated rings. The van der Waals surface area contributed by atoms with E-state index in [2.05, 4.69) is 25.0 Å². The molecule has 1 atom stereocenters. The average Bonchev–Trinajstić information content (AvgIpc) is 3.61. The maximum absolute atomic E-state index is 13.4. The van der Waals surface area contributed by atoms with E-state index in [9.17, 15) is 17.6 Å². The van der Waals surface area contributed by atoms with Crippen LogP contribution in [0.1, 0.15) is 56.1 Å². The van der Waals surface area contributed by atoms with Crippen molar-refractivity contribution in [2.75, 3.05) is 20.9 Å². The number of rotatable bonds is 9. The summed E-state index contributed by atoms with van der Waals surface area (Å²) in [7, 11) is 2.95. The molecule has 5 aromatic rings. The summed E-state index contributed by atoms with van der Waals surface area (Å²) in [5.41, 5.74) is 2.01. The van der Waals surface area contributed by atoms with Gasteiger partial charge in [0.25, 0.3) is 0 Å². The minimum absolute atomic E-state index is 0. The van der Waals surface area contributed by atoms with Crippen LogP contribution < -0.4 is 9.47 Å². The molecule has 0 bridgehead atoms. The van der Waals surface area contributed by atoms with Crippen molar-refractivity contribution in [3.63, 3.8) is 0 Å². The lowest BCUT2D eigenvalue weighted by Gasteiger charge is -2.17. The molecule has 1 aliphatic carbocycles. The number of halogens is 4. The Labute approximate surface area is 244 Å². The molecular formula is C29H30F4N8O2. The Balaban J connectivity index is 0.00000368. The second-order valence-electron chi connectivity index (χ2n) is 9.94. The molecule has 43 heavy (non-hydrogen) atoms. The molecule has 0 N–H and O–H groups in total. The van der Waals surface area contributed by atoms with Gasteiger partial charge in [0.1, 0.15) is 30.1 Å². The number of benzene rings is 1. The third kappa shape index (κ3) is 5.48. The van der Waals surface area contributed by atoms with E-state index in [1.165, 1.54) is 13.4 Å². The summed E-state index contributed by atoms with van der Waals surface area (Å²) in [6.07, 6.45) is 3.00. The van der Waals surface area contributed by atoms with Crippen LogP contribution in [0.3, 0.4) is 0 Å². The normalized spacial score (nSPS) is 14.0. The van der Waals surface area contributed by atoms with Crippen molar-refractivity contribution < 1.29 is 27.0 Å². The van der Waals surface area contributed by atoms with Crippen LogP contribution in [0.2, 0.25) is 0 Å². The lowest BCUT2D eigenvalue weighted by molar-refractivity contribution is -0.140. The highest BCUT2D eigenvalue weighted by atomic mass is 19.4. The van der Waals surface area contributed by atoms with Gasteiger partial charge in [-0.05, 0) is 37.5 Å². The predicted octanol–water partition coefficient (Wildman–Crippen LogP) is 6.28. The smallest absolute Gasteiger partial charge is 0.434 e. The van der Waals surface area contributed by atoms with Crippen molar-refractivity contribution in [2.45, 2.75) is 51.9 Å². The SMILES string of the molecule is C.COc1cc([C@H](C)n2ncc3cnc(-c4c(OC)ncnc4C4CC4)nc32)ccc1-c1nc(C(F)(F)F)cn1CCF. The largest absolute Gasteiger partial charge is 0.496 e. The van der Waals surface area contributed by atoms with E-state index < -0.39 is 18.5 Å². The molecule has 0 unspecified atom stereocenters. The van der Waals surface area contributed by atoms with Gasteiger partial charge < -0.3 is 14.0 Å². The van der Waals surface area contributed by atoms with Gasteiger partial charge in [0, 0.05) is 18.3 Å². The first kappa shape index (κ1) is 29.9. The number of hydrogen-bond donors (Lipinski definition) is 0. The van der Waals surface area contributed by atoms with Crippen LogP contribution in [-0.4, -0.2) is 60.2 Å². The molecule has 1 aromatic carbocycles. The van der Waals surface area contributed by atoms with Crippen molar-refractivity contribution in [3.05, 3.63) is 60.1 Å². The molecule has 226 valence electrons. The Hall–Kier alpha value is -4.62. The molecule has 0 radical (unpaired) electrons. The molecule has 4 aromatic heterocycles. The fourth-order valence-electron chi connectivity index (χ4n) is 4.98. The highest BCUT2D eigenvalue weighted by Gasteiger charge is 2.35. The number of fused-ring (bicyclic) bond motifs is 1. The molecule has 10 nitrogen and oxygen atoms in total. The number of imidazole rings is 1. The van der Waals surface area contributed by atoms with Crippen molar-refractivity contribution in [3.8, 4) is 34.4 Å². The van der Waals surface area contributed by atoms with Crippen molar-refractivity contribution in [1.29, 1.82) is 0 Å². The first-order valence-electron chi connectivity index (χ1n) is 13.2. The van der Waals surface area contributed by atoms with Gasteiger partial charge in [0.15, 0.2) is 17.2 Å². The summed E-state index contributed by atoms with van der Waals surface area (Å²) in [5.74, 6) is 1.36. The van der Waals surface area contributed by atoms with E-state index in [-0.39, 0.29) is 31.6 Å². The zero-order valence-electron chi connectivity index (χ0n) is 22.9. The summed E-state index contributed by atoms with van der Waals surface area (Å²) >= 11 is 0. The summed E-state index contributed by atoms with van der Waals surface area (Å²) in [6, 6.07) is 4.71. The minimum Gasteiger partial charge on any atom is -0.496 e. The molecule has 0 amide bonds. The monoisotopic (exact) mass is 598 g/mol. The summed E-state index contributed by atoms with van der Waals surface area (Å²) < 4.78 is 67.3. The van der Waals surface area contributed by atoms with Crippen molar-refractivity contribution >= 4 is 11.0 Å². The number of ether oxygens (including phenoxy) is 2. The van der Waals surface area contributed by atoms with Gasteiger partial charge in [0.2, 0.25) is 5.88 Å². The van der Waals surface area contributed by atoms with Crippen LogP contribution >= 0.6 is 0 Å². The van der Waals surface area contributed by atoms with E-state index in [1.807, 2.05) is 6.92 Å². The van der Waals surface area contributed by atoms with E-state index in [0.717, 1.165) is 34.9 Å². The summed E-state index contributed by atoms with van der Waals surface area (Å²) in [6.45, 7) is 0.786. The van der Waals surface area contributed by atoms with Gasteiger partial charge in [-0.15, -0.1) is 0 Å². The molecular weight excluding hydrogens is 568 g/mol. The fraction of sp³-hybridized carbons (Fsp3) is 0.379. The highest BCUT2D eigenvalue weighted by Crippen LogP contribution is 2.45. The van der Waals surface area contributed by atoms with Gasteiger partial charge in [-0.2, -0.15) is 18.3 Å². The third-order valence-electron chi connectivity index (χ3n) is 7.27. The Kier molecular flexibility index (Phi) is 8.04. The molecule has 1 aliphatic rings. The number of hydrogen-bond acceptors (Lipinski definition) is 8. The first-order valence-corrected chi connectivity index (χ1v) is 13.2. The summed E-state index contributed by atoms with van der Waals surface area (Å²) in [5, 5.41) is 5.27. The Bertz CT molecular complexity index is 1760. The van der Waals surface area contributed by atoms with Crippen molar-refractivity contribution in [2.24, 2.45) is 0 Å². The van der Waals surface area contributed by atoms with Crippen molar-refractivity contribution in [1.82, 2.24) is 39.3 Å². The van der Waals surface area contributed by atoms with Crippen LogP contribution in [0, 0.1) is 0 Å². The summed E-state index contributed by atoms with van der Waals surface area (Å²) in [4.78, 5) is 21.9. The topological polar surface area (TPSA) is 106 Å². The van der Waals surface area contributed by atoms with Gasteiger partial charge in [-0.3, -0.25) is 0 Å². The minimum atomic E-state index is -4.67. The predicted molar refractivity (Wildman–Crippen MR) is 151 cm³/mol. The Morgan fingerprint density at radius 1 is 1.05 bits per heavy atom. The van der Waals surface area contributed by atoms with Gasteiger partial charge in [0.05, 0.1) is 49.6 Å². The maximum Gasteiger partial charge on any atom is 0.434 e. The van der Waals surface area contributed by atoms with Crippen LogP contribution in [0.15, 0.2) is 43.1 Å². The average molecular weight is 599 g/mol. The Morgan fingerprint density at radius 2 is 1.84 bits per heavy atom. The lowest BCUT2D eigenvalue weighted by Crippen LogP contribution is -2.10. The zero-order valence-corrected chi connectivity index (χ0v) is 22.9. The number of nitrogens with zero attached hydrogens (tertiary/aromatic N) is 8. The number of alkyl halides is 4. The molecule has 0 spiro atoms.